The predicted octanol–water partition coefficient (Wildman–Crippen LogP) is 3.15. The van der Waals surface area contributed by atoms with E-state index in [4.69, 9.17) is 9.47 Å². The number of rotatable bonds is 4. The van der Waals surface area contributed by atoms with Crippen LogP contribution in [0.4, 0.5) is 0 Å². The topological polar surface area (TPSA) is 47.6 Å². The number of hydrogen-bond donors (Lipinski definition) is 1. The van der Waals surface area contributed by atoms with Crippen molar-refractivity contribution in [2.45, 2.75) is 13.0 Å². The first-order chi connectivity index (χ1) is 10.7. The summed E-state index contributed by atoms with van der Waals surface area (Å²) in [4.78, 5) is 13.4. The van der Waals surface area contributed by atoms with Crippen molar-refractivity contribution in [3.8, 4) is 0 Å². The summed E-state index contributed by atoms with van der Waals surface area (Å²) in [5.41, 5.74) is 2.23. The molecule has 1 aromatic carbocycles. The smallest absolute Gasteiger partial charge is 0.290 e. The third-order valence-corrected chi connectivity index (χ3v) is 4.32. The van der Waals surface area contributed by atoms with Gasteiger partial charge in [0, 0.05) is 4.88 Å². The summed E-state index contributed by atoms with van der Waals surface area (Å²) in [6.07, 6.45) is 1.37. The fourth-order valence-electron chi connectivity index (χ4n) is 2.22. The van der Waals surface area contributed by atoms with E-state index in [9.17, 15) is 4.79 Å². The van der Waals surface area contributed by atoms with Gasteiger partial charge in [0.2, 0.25) is 5.76 Å². The molecule has 1 aliphatic heterocycles. The summed E-state index contributed by atoms with van der Waals surface area (Å²) in [6, 6.07) is 12.0. The van der Waals surface area contributed by atoms with Gasteiger partial charge in [-0.05, 0) is 23.9 Å². The fraction of sp³-hybridized carbons (Fsp3) is 0.235. The zero-order chi connectivity index (χ0) is 15.4. The Kier molecular flexibility index (Phi) is 4.44. The third kappa shape index (κ3) is 3.31. The molecule has 0 spiro atoms. The van der Waals surface area contributed by atoms with Gasteiger partial charge in [-0.1, -0.05) is 35.9 Å². The second kappa shape index (κ2) is 6.66. The van der Waals surface area contributed by atoms with Gasteiger partial charge in [0.25, 0.3) is 5.91 Å². The molecule has 0 fully saturated rings. The molecule has 2 aromatic rings. The molecule has 0 unspecified atom stereocenters. The van der Waals surface area contributed by atoms with Crippen LogP contribution < -0.4 is 5.32 Å². The van der Waals surface area contributed by atoms with Gasteiger partial charge in [-0.2, -0.15) is 0 Å². The second-order valence-electron chi connectivity index (χ2n) is 5.03. The minimum absolute atomic E-state index is 0.195. The lowest BCUT2D eigenvalue weighted by Crippen LogP contribution is -2.32. The molecule has 22 heavy (non-hydrogen) atoms. The molecule has 2 heterocycles. The zero-order valence-electron chi connectivity index (χ0n) is 12.2. The van der Waals surface area contributed by atoms with Crippen molar-refractivity contribution >= 4 is 17.2 Å². The molecule has 1 aliphatic rings. The first-order valence-electron chi connectivity index (χ1n) is 7.09. The molecule has 0 radical (unpaired) electrons. The average molecular weight is 315 g/mol. The van der Waals surface area contributed by atoms with Crippen LogP contribution in [0.25, 0.3) is 0 Å². The molecule has 0 aliphatic carbocycles. The van der Waals surface area contributed by atoms with Crippen molar-refractivity contribution in [3.63, 3.8) is 0 Å². The second-order valence-corrected chi connectivity index (χ2v) is 6.01. The molecule has 3 rings (SSSR count). The zero-order valence-corrected chi connectivity index (χ0v) is 13.1. The van der Waals surface area contributed by atoms with Crippen LogP contribution in [-0.2, 0) is 14.3 Å². The maximum atomic E-state index is 12.4. The summed E-state index contributed by atoms with van der Waals surface area (Å²) >= 11 is 1.61. The van der Waals surface area contributed by atoms with Crippen LogP contribution in [0.2, 0.25) is 0 Å². The number of carbonyl (C=O) groups is 1. The van der Waals surface area contributed by atoms with E-state index in [2.05, 4.69) is 5.32 Å². The number of thiophene rings is 1. The molecule has 0 bridgehead atoms. The number of amides is 1. The van der Waals surface area contributed by atoms with E-state index in [0.717, 1.165) is 10.4 Å². The quantitative estimate of drug-likeness (QED) is 0.943. The maximum absolute atomic E-state index is 12.4. The molecule has 1 amide bonds. The van der Waals surface area contributed by atoms with E-state index in [1.165, 1.54) is 11.8 Å². The summed E-state index contributed by atoms with van der Waals surface area (Å²) in [6.45, 7) is 2.91. The van der Waals surface area contributed by atoms with Crippen molar-refractivity contribution in [1.29, 1.82) is 0 Å². The molecule has 1 N–H and O–H groups in total. The standard InChI is InChI=1S/C17H17NO3S/c1-12-4-6-13(7-5-12)16(15-3-2-10-22-15)18-17(19)14-11-20-8-9-21-14/h2-7,10-11,16H,8-9H2,1H3,(H,18,19)/t16-/m0/s1. The summed E-state index contributed by atoms with van der Waals surface area (Å²) in [5, 5.41) is 5.03. The van der Waals surface area contributed by atoms with Crippen molar-refractivity contribution in [2.75, 3.05) is 13.2 Å². The minimum atomic E-state index is -0.265. The van der Waals surface area contributed by atoms with Crippen LogP contribution in [0.1, 0.15) is 22.0 Å². The molecule has 114 valence electrons. The first-order valence-corrected chi connectivity index (χ1v) is 7.97. The summed E-state index contributed by atoms with van der Waals surface area (Å²) < 4.78 is 10.5. The third-order valence-electron chi connectivity index (χ3n) is 3.39. The molecule has 0 saturated heterocycles. The fourth-order valence-corrected chi connectivity index (χ4v) is 3.03. The maximum Gasteiger partial charge on any atom is 0.290 e. The summed E-state index contributed by atoms with van der Waals surface area (Å²) in [7, 11) is 0. The lowest BCUT2D eigenvalue weighted by molar-refractivity contribution is -0.122. The van der Waals surface area contributed by atoms with Gasteiger partial charge >= 0.3 is 0 Å². The summed E-state index contributed by atoms with van der Waals surface area (Å²) in [5.74, 6) is -0.0430. The number of aryl methyl sites for hydroxylation is 1. The van der Waals surface area contributed by atoms with Gasteiger partial charge in [-0.25, -0.2) is 0 Å². The van der Waals surface area contributed by atoms with Gasteiger partial charge in [0.05, 0.1) is 6.04 Å². The van der Waals surface area contributed by atoms with Crippen molar-refractivity contribution in [1.82, 2.24) is 5.32 Å². The van der Waals surface area contributed by atoms with Crippen LogP contribution in [0.15, 0.2) is 53.8 Å². The van der Waals surface area contributed by atoms with E-state index in [0.29, 0.717) is 13.2 Å². The Morgan fingerprint density at radius 1 is 1.23 bits per heavy atom. The largest absolute Gasteiger partial charge is 0.494 e. The Balaban J connectivity index is 1.84. The Morgan fingerprint density at radius 2 is 2.05 bits per heavy atom. The lowest BCUT2D eigenvalue weighted by Gasteiger charge is -2.21. The average Bonchev–Trinajstić information content (AvgIpc) is 3.08. The van der Waals surface area contributed by atoms with Crippen LogP contribution >= 0.6 is 11.3 Å². The molecule has 4 nitrogen and oxygen atoms in total. The van der Waals surface area contributed by atoms with E-state index < -0.39 is 0 Å². The molecule has 0 saturated carbocycles. The van der Waals surface area contributed by atoms with Gasteiger partial charge in [-0.3, -0.25) is 4.79 Å². The van der Waals surface area contributed by atoms with Crippen LogP contribution in [-0.4, -0.2) is 19.1 Å². The Hall–Kier alpha value is -2.27. The van der Waals surface area contributed by atoms with Crippen molar-refractivity contribution in [2.24, 2.45) is 0 Å². The first kappa shape index (κ1) is 14.7. The van der Waals surface area contributed by atoms with Gasteiger partial charge in [-0.15, -0.1) is 11.3 Å². The van der Waals surface area contributed by atoms with Gasteiger partial charge < -0.3 is 14.8 Å². The van der Waals surface area contributed by atoms with E-state index in [1.807, 2.05) is 48.7 Å². The normalized spacial score (nSPS) is 15.2. The number of hydrogen-bond acceptors (Lipinski definition) is 4. The highest BCUT2D eigenvalue weighted by atomic mass is 32.1. The Bertz CT molecular complexity index is 662. The van der Waals surface area contributed by atoms with Crippen molar-refractivity contribution < 1.29 is 14.3 Å². The number of nitrogens with one attached hydrogen (secondary N) is 1. The monoisotopic (exact) mass is 315 g/mol. The van der Waals surface area contributed by atoms with Gasteiger partial charge in [0.1, 0.15) is 19.5 Å². The lowest BCUT2D eigenvalue weighted by atomic mass is 10.0. The van der Waals surface area contributed by atoms with Crippen LogP contribution in [0.5, 0.6) is 0 Å². The molecule has 1 atom stereocenters. The molecule has 1 aromatic heterocycles. The Morgan fingerprint density at radius 3 is 2.68 bits per heavy atom. The highest BCUT2D eigenvalue weighted by Crippen LogP contribution is 2.26. The van der Waals surface area contributed by atoms with E-state index in [1.54, 1.807) is 11.3 Å². The van der Waals surface area contributed by atoms with E-state index >= 15 is 0 Å². The molecular weight excluding hydrogens is 298 g/mol. The Labute approximate surface area is 133 Å². The molecular formula is C17H17NO3S. The van der Waals surface area contributed by atoms with E-state index in [-0.39, 0.29) is 17.7 Å². The highest BCUT2D eigenvalue weighted by Gasteiger charge is 2.22. The van der Waals surface area contributed by atoms with Crippen LogP contribution in [0.3, 0.4) is 0 Å². The number of benzene rings is 1. The highest BCUT2D eigenvalue weighted by molar-refractivity contribution is 7.10. The molecule has 5 heteroatoms. The van der Waals surface area contributed by atoms with Gasteiger partial charge in [0.15, 0.2) is 0 Å². The SMILES string of the molecule is Cc1ccc([C@H](NC(=O)C2=COCCO2)c2cccs2)cc1. The minimum Gasteiger partial charge on any atom is -0.494 e. The predicted molar refractivity (Wildman–Crippen MR) is 85.5 cm³/mol. The number of ether oxygens (including phenoxy) is 2. The number of carbonyl (C=O) groups excluding carboxylic acids is 1. The van der Waals surface area contributed by atoms with Crippen LogP contribution in [0, 0.1) is 6.92 Å². The van der Waals surface area contributed by atoms with Crippen molar-refractivity contribution in [3.05, 3.63) is 69.8 Å².